The average Bonchev–Trinajstić information content (AvgIpc) is 2.68. The SMILES string of the molecule is CC1=NS(=O)(=O)N(CCc2ccccc2)C=C1C(=O)NC(C)c1ccncc1. The predicted molar refractivity (Wildman–Crippen MR) is 108 cm³/mol. The topological polar surface area (TPSA) is 91.7 Å². The molecule has 1 N–H and O–H groups in total. The normalized spacial score (nSPS) is 16.7. The molecule has 1 aliphatic rings. The van der Waals surface area contributed by atoms with E-state index >= 15 is 0 Å². The fourth-order valence-electron chi connectivity index (χ4n) is 2.88. The van der Waals surface area contributed by atoms with Crippen molar-refractivity contribution >= 4 is 21.8 Å². The number of rotatable bonds is 6. The van der Waals surface area contributed by atoms with Crippen LogP contribution in [0.1, 0.15) is 31.0 Å². The van der Waals surface area contributed by atoms with Gasteiger partial charge >= 0.3 is 10.2 Å². The number of aromatic nitrogens is 1. The molecule has 1 aromatic heterocycles. The van der Waals surface area contributed by atoms with E-state index in [1.54, 1.807) is 12.4 Å². The number of nitrogens with one attached hydrogen (secondary N) is 1. The van der Waals surface area contributed by atoms with Gasteiger partial charge in [0.25, 0.3) is 5.91 Å². The summed E-state index contributed by atoms with van der Waals surface area (Å²) in [5.41, 5.74) is 2.33. The quantitative estimate of drug-likeness (QED) is 0.809. The summed E-state index contributed by atoms with van der Waals surface area (Å²) in [5.74, 6) is -0.370. The van der Waals surface area contributed by atoms with Gasteiger partial charge in [0.2, 0.25) is 0 Å². The third-order valence-electron chi connectivity index (χ3n) is 4.47. The minimum atomic E-state index is -3.83. The van der Waals surface area contributed by atoms with Gasteiger partial charge in [-0.15, -0.1) is 4.40 Å². The monoisotopic (exact) mass is 398 g/mol. The Kier molecular flexibility index (Phi) is 5.89. The van der Waals surface area contributed by atoms with Crippen LogP contribution in [-0.2, 0) is 21.4 Å². The highest BCUT2D eigenvalue weighted by Crippen LogP contribution is 2.19. The summed E-state index contributed by atoms with van der Waals surface area (Å²) in [6.45, 7) is 3.58. The maximum atomic E-state index is 12.7. The van der Waals surface area contributed by atoms with Crippen molar-refractivity contribution in [2.75, 3.05) is 6.54 Å². The molecule has 1 amide bonds. The first-order valence-corrected chi connectivity index (χ1v) is 10.3. The van der Waals surface area contributed by atoms with Crippen LogP contribution >= 0.6 is 0 Å². The van der Waals surface area contributed by atoms with Gasteiger partial charge in [-0.3, -0.25) is 14.1 Å². The molecule has 3 rings (SSSR count). The predicted octanol–water partition coefficient (Wildman–Crippen LogP) is 2.41. The van der Waals surface area contributed by atoms with Crippen LogP contribution in [0, 0.1) is 0 Å². The summed E-state index contributed by atoms with van der Waals surface area (Å²) >= 11 is 0. The molecule has 7 nitrogen and oxygen atoms in total. The van der Waals surface area contributed by atoms with Crippen LogP contribution < -0.4 is 5.32 Å². The first-order valence-electron chi connectivity index (χ1n) is 8.92. The van der Waals surface area contributed by atoms with Crippen LogP contribution in [0.3, 0.4) is 0 Å². The van der Waals surface area contributed by atoms with E-state index in [4.69, 9.17) is 0 Å². The minimum absolute atomic E-state index is 0.176. The molecule has 0 saturated carbocycles. The van der Waals surface area contributed by atoms with E-state index < -0.39 is 10.2 Å². The average molecular weight is 398 g/mol. The lowest BCUT2D eigenvalue weighted by Gasteiger charge is -2.24. The third kappa shape index (κ3) is 4.64. The number of amides is 1. The highest BCUT2D eigenvalue weighted by molar-refractivity contribution is 7.88. The van der Waals surface area contributed by atoms with Crippen molar-refractivity contribution in [3.05, 3.63) is 77.8 Å². The van der Waals surface area contributed by atoms with Crippen molar-refractivity contribution in [1.29, 1.82) is 0 Å². The summed E-state index contributed by atoms with van der Waals surface area (Å²) in [6.07, 6.45) is 5.20. The van der Waals surface area contributed by atoms with E-state index in [1.807, 2.05) is 49.4 Å². The van der Waals surface area contributed by atoms with E-state index in [-0.39, 0.29) is 29.8 Å². The van der Waals surface area contributed by atoms with Crippen LogP contribution in [-0.4, -0.2) is 35.9 Å². The second-order valence-corrected chi connectivity index (χ2v) is 8.07. The van der Waals surface area contributed by atoms with Gasteiger partial charge in [-0.2, -0.15) is 8.42 Å². The lowest BCUT2D eigenvalue weighted by Crippen LogP contribution is -2.37. The van der Waals surface area contributed by atoms with Crippen molar-refractivity contribution in [3.8, 4) is 0 Å². The number of nitrogens with zero attached hydrogens (tertiary/aromatic N) is 3. The summed E-state index contributed by atoms with van der Waals surface area (Å²) < 4.78 is 29.7. The molecule has 1 aromatic carbocycles. The molecular formula is C20H22N4O3S. The summed E-state index contributed by atoms with van der Waals surface area (Å²) in [5, 5.41) is 2.88. The Hall–Kier alpha value is -3.00. The number of carbonyl (C=O) groups is 1. The lowest BCUT2D eigenvalue weighted by molar-refractivity contribution is -0.117. The van der Waals surface area contributed by atoms with Crippen molar-refractivity contribution in [2.24, 2.45) is 4.40 Å². The first-order chi connectivity index (χ1) is 13.4. The van der Waals surface area contributed by atoms with Gasteiger partial charge in [0, 0.05) is 25.1 Å². The summed E-state index contributed by atoms with van der Waals surface area (Å²) in [4.78, 5) is 16.7. The van der Waals surface area contributed by atoms with Crippen LogP contribution in [0.15, 0.2) is 71.0 Å². The minimum Gasteiger partial charge on any atom is -0.345 e. The van der Waals surface area contributed by atoms with Gasteiger partial charge in [0.1, 0.15) is 0 Å². The highest BCUT2D eigenvalue weighted by Gasteiger charge is 2.28. The maximum absolute atomic E-state index is 12.7. The van der Waals surface area contributed by atoms with Gasteiger partial charge in [0.15, 0.2) is 0 Å². The lowest BCUT2D eigenvalue weighted by atomic mass is 10.1. The number of hydrogen-bond acceptors (Lipinski definition) is 4. The van der Waals surface area contributed by atoms with Gasteiger partial charge < -0.3 is 5.32 Å². The zero-order valence-corrected chi connectivity index (χ0v) is 16.6. The maximum Gasteiger partial charge on any atom is 0.344 e. The first kappa shape index (κ1) is 19.8. The molecule has 2 heterocycles. The second-order valence-electron chi connectivity index (χ2n) is 6.52. The van der Waals surface area contributed by atoms with Gasteiger partial charge in [-0.05, 0) is 43.5 Å². The number of pyridine rings is 1. The van der Waals surface area contributed by atoms with Crippen LogP contribution in [0.25, 0.3) is 0 Å². The van der Waals surface area contributed by atoms with Crippen molar-refractivity contribution in [3.63, 3.8) is 0 Å². The molecule has 28 heavy (non-hydrogen) atoms. The van der Waals surface area contributed by atoms with E-state index in [1.165, 1.54) is 13.1 Å². The molecule has 1 unspecified atom stereocenters. The van der Waals surface area contributed by atoms with E-state index in [0.29, 0.717) is 6.42 Å². The number of hydrogen-bond donors (Lipinski definition) is 1. The third-order valence-corrected chi connectivity index (χ3v) is 5.86. The van der Waals surface area contributed by atoms with Crippen molar-refractivity contribution in [1.82, 2.24) is 14.6 Å². The Labute approximate surface area is 165 Å². The van der Waals surface area contributed by atoms with Crippen LogP contribution in [0.2, 0.25) is 0 Å². The molecule has 2 aromatic rings. The van der Waals surface area contributed by atoms with Gasteiger partial charge in [0.05, 0.1) is 17.3 Å². The molecule has 0 fully saturated rings. The molecule has 0 bridgehead atoms. The molecule has 0 radical (unpaired) electrons. The van der Waals surface area contributed by atoms with Crippen LogP contribution in [0.5, 0.6) is 0 Å². The number of carbonyl (C=O) groups excluding carboxylic acids is 1. The second kappa shape index (κ2) is 8.35. The molecule has 0 saturated heterocycles. The molecule has 146 valence electrons. The van der Waals surface area contributed by atoms with E-state index in [0.717, 1.165) is 15.4 Å². The Bertz CT molecular complexity index is 1000. The Morgan fingerprint density at radius 1 is 1.14 bits per heavy atom. The fourth-order valence-corrected chi connectivity index (χ4v) is 3.99. The van der Waals surface area contributed by atoms with Gasteiger partial charge in [-0.1, -0.05) is 30.3 Å². The smallest absolute Gasteiger partial charge is 0.344 e. The zero-order chi connectivity index (χ0) is 20.1. The fraction of sp³-hybridized carbons (Fsp3) is 0.250. The molecular weight excluding hydrogens is 376 g/mol. The summed E-state index contributed by atoms with van der Waals surface area (Å²) in [6, 6.07) is 12.9. The molecule has 1 aliphatic heterocycles. The number of benzene rings is 1. The van der Waals surface area contributed by atoms with Gasteiger partial charge in [-0.25, -0.2) is 0 Å². The highest BCUT2D eigenvalue weighted by atomic mass is 32.2. The van der Waals surface area contributed by atoms with E-state index in [9.17, 15) is 13.2 Å². The Morgan fingerprint density at radius 2 is 1.82 bits per heavy atom. The van der Waals surface area contributed by atoms with Crippen molar-refractivity contribution < 1.29 is 13.2 Å². The Balaban J connectivity index is 1.75. The molecule has 0 spiro atoms. The zero-order valence-electron chi connectivity index (χ0n) is 15.7. The molecule has 1 atom stereocenters. The van der Waals surface area contributed by atoms with E-state index in [2.05, 4.69) is 14.7 Å². The molecule has 0 aliphatic carbocycles. The standard InChI is InChI=1S/C20H22N4O3S/c1-15(18-8-11-21-12-9-18)22-20(25)19-14-24(28(26,27)23-16(19)2)13-10-17-6-4-3-5-7-17/h3-9,11-12,14-15H,10,13H2,1-2H3,(H,22,25). The van der Waals surface area contributed by atoms with Crippen molar-refractivity contribution in [2.45, 2.75) is 26.3 Å². The summed E-state index contributed by atoms with van der Waals surface area (Å²) in [7, 11) is -3.83. The van der Waals surface area contributed by atoms with Crippen LogP contribution in [0.4, 0.5) is 0 Å². The molecule has 8 heteroatoms. The largest absolute Gasteiger partial charge is 0.345 e. The Morgan fingerprint density at radius 3 is 2.50 bits per heavy atom.